The standard InChI is InChI=1S/C22H17ClN6O7/c23-13-2-1-3-15(10-13)27-20(31)19(30)24-11-17-8-9-18(36-17)12-25-28-22(33)21(32)26-14-4-6-16(7-5-14)29(34)35/h1-10,12H,11H2,(H,24,30)(H,26,32)(H,27,31)(H,28,33)/b25-12+. The molecule has 14 heteroatoms. The molecule has 0 bridgehead atoms. The Kier molecular flexibility index (Phi) is 8.45. The molecule has 0 spiro atoms. The van der Waals surface area contributed by atoms with Crippen LogP contribution in [0.25, 0.3) is 0 Å². The third-order valence-electron chi connectivity index (χ3n) is 4.29. The van der Waals surface area contributed by atoms with Crippen LogP contribution in [0.1, 0.15) is 11.5 Å². The topological polar surface area (TPSA) is 185 Å². The Morgan fingerprint density at radius 3 is 2.31 bits per heavy atom. The number of carbonyl (C=O) groups is 4. The van der Waals surface area contributed by atoms with Crippen molar-refractivity contribution in [2.75, 3.05) is 10.6 Å². The summed E-state index contributed by atoms with van der Waals surface area (Å²) >= 11 is 5.83. The lowest BCUT2D eigenvalue weighted by molar-refractivity contribution is -0.384. The second-order valence-corrected chi connectivity index (χ2v) is 7.34. The van der Waals surface area contributed by atoms with E-state index in [2.05, 4.69) is 21.1 Å². The van der Waals surface area contributed by atoms with Crippen LogP contribution >= 0.6 is 11.6 Å². The summed E-state index contributed by atoms with van der Waals surface area (Å²) in [5, 5.41) is 21.7. The van der Waals surface area contributed by atoms with E-state index in [1.54, 1.807) is 18.2 Å². The van der Waals surface area contributed by atoms with E-state index in [1.165, 1.54) is 42.5 Å². The lowest BCUT2D eigenvalue weighted by Gasteiger charge is -2.05. The van der Waals surface area contributed by atoms with Gasteiger partial charge in [0.2, 0.25) is 0 Å². The molecular formula is C22H17ClN6O7. The summed E-state index contributed by atoms with van der Waals surface area (Å²) < 4.78 is 5.40. The summed E-state index contributed by atoms with van der Waals surface area (Å²) in [5.74, 6) is -3.43. The fourth-order valence-corrected chi connectivity index (χ4v) is 2.81. The average molecular weight is 513 g/mol. The van der Waals surface area contributed by atoms with Crippen LogP contribution in [0.2, 0.25) is 5.02 Å². The van der Waals surface area contributed by atoms with Gasteiger partial charge in [-0.15, -0.1) is 0 Å². The first kappa shape index (κ1) is 25.6. The number of rotatable bonds is 7. The monoisotopic (exact) mass is 512 g/mol. The molecule has 0 atom stereocenters. The molecule has 3 rings (SSSR count). The number of hydrogen-bond donors (Lipinski definition) is 4. The van der Waals surface area contributed by atoms with Crippen molar-refractivity contribution < 1.29 is 28.5 Å². The van der Waals surface area contributed by atoms with Gasteiger partial charge in [-0.05, 0) is 42.5 Å². The second kappa shape index (κ2) is 11.9. The van der Waals surface area contributed by atoms with Crippen LogP contribution in [0.15, 0.2) is 70.2 Å². The molecule has 2 aromatic carbocycles. The summed E-state index contributed by atoms with van der Waals surface area (Å²) in [4.78, 5) is 57.7. The maximum atomic E-state index is 12.0. The molecular weight excluding hydrogens is 496 g/mol. The maximum absolute atomic E-state index is 12.0. The number of nitrogens with zero attached hydrogens (tertiary/aromatic N) is 2. The number of benzene rings is 2. The zero-order valence-electron chi connectivity index (χ0n) is 18.2. The summed E-state index contributed by atoms with van der Waals surface area (Å²) in [6.45, 7) is -0.0976. The summed E-state index contributed by atoms with van der Waals surface area (Å²) in [6.07, 6.45) is 1.12. The predicted octanol–water partition coefficient (Wildman–Crippen LogP) is 2.18. The van der Waals surface area contributed by atoms with Gasteiger partial charge in [0, 0.05) is 28.5 Å². The first-order chi connectivity index (χ1) is 17.2. The highest BCUT2D eigenvalue weighted by atomic mass is 35.5. The van der Waals surface area contributed by atoms with Crippen LogP contribution in [0.3, 0.4) is 0 Å². The molecule has 0 saturated carbocycles. The third-order valence-corrected chi connectivity index (χ3v) is 4.53. The van der Waals surface area contributed by atoms with Gasteiger partial charge < -0.3 is 20.4 Å². The van der Waals surface area contributed by atoms with Gasteiger partial charge in [-0.3, -0.25) is 29.3 Å². The predicted molar refractivity (Wildman–Crippen MR) is 128 cm³/mol. The van der Waals surface area contributed by atoms with Gasteiger partial charge in [0.15, 0.2) is 0 Å². The Balaban J connectivity index is 1.43. The Morgan fingerprint density at radius 2 is 1.61 bits per heavy atom. The van der Waals surface area contributed by atoms with Gasteiger partial charge in [0.05, 0.1) is 17.7 Å². The number of hydrazone groups is 1. The van der Waals surface area contributed by atoms with Gasteiger partial charge in [-0.25, -0.2) is 5.43 Å². The van der Waals surface area contributed by atoms with E-state index >= 15 is 0 Å². The molecule has 0 saturated heterocycles. The second-order valence-electron chi connectivity index (χ2n) is 6.91. The smallest absolute Gasteiger partial charge is 0.329 e. The molecule has 0 aliphatic carbocycles. The highest BCUT2D eigenvalue weighted by molar-refractivity contribution is 6.40. The number of nitro groups is 1. The first-order valence-electron chi connectivity index (χ1n) is 10.0. The quantitative estimate of drug-likeness (QED) is 0.162. The van der Waals surface area contributed by atoms with E-state index in [0.29, 0.717) is 16.5 Å². The number of nitro benzene ring substituents is 1. The van der Waals surface area contributed by atoms with Crippen molar-refractivity contribution in [1.29, 1.82) is 0 Å². The van der Waals surface area contributed by atoms with Crippen LogP contribution in [0, 0.1) is 10.1 Å². The Hall–Kier alpha value is -5.04. The summed E-state index contributed by atoms with van der Waals surface area (Å²) in [6, 6.07) is 14.2. The van der Waals surface area contributed by atoms with Crippen molar-refractivity contribution in [2.24, 2.45) is 5.10 Å². The Bertz CT molecular complexity index is 1340. The molecule has 3 aromatic rings. The van der Waals surface area contributed by atoms with Gasteiger partial charge in [-0.2, -0.15) is 5.10 Å². The number of amides is 4. The van der Waals surface area contributed by atoms with Crippen LogP contribution < -0.4 is 21.4 Å². The fourth-order valence-electron chi connectivity index (χ4n) is 2.62. The zero-order valence-corrected chi connectivity index (χ0v) is 18.9. The lowest BCUT2D eigenvalue weighted by atomic mass is 10.3. The first-order valence-corrected chi connectivity index (χ1v) is 10.4. The van der Waals surface area contributed by atoms with Crippen molar-refractivity contribution in [3.63, 3.8) is 0 Å². The molecule has 0 unspecified atom stereocenters. The Morgan fingerprint density at radius 1 is 0.917 bits per heavy atom. The Labute approximate surface area is 207 Å². The van der Waals surface area contributed by atoms with Gasteiger partial charge >= 0.3 is 23.6 Å². The van der Waals surface area contributed by atoms with Crippen molar-refractivity contribution in [2.45, 2.75) is 6.54 Å². The molecule has 1 aromatic heterocycles. The minimum absolute atomic E-state index is 0.0976. The number of anilines is 2. The maximum Gasteiger partial charge on any atom is 0.329 e. The summed E-state index contributed by atoms with van der Waals surface area (Å²) in [5.41, 5.74) is 2.38. The number of non-ortho nitro benzene ring substituents is 1. The van der Waals surface area contributed by atoms with Crippen molar-refractivity contribution in [1.82, 2.24) is 10.7 Å². The van der Waals surface area contributed by atoms with Crippen molar-refractivity contribution in [3.05, 3.63) is 87.3 Å². The minimum atomic E-state index is -1.09. The number of furan rings is 1. The molecule has 0 fully saturated rings. The molecule has 184 valence electrons. The van der Waals surface area contributed by atoms with E-state index in [9.17, 15) is 29.3 Å². The van der Waals surface area contributed by atoms with E-state index in [0.717, 1.165) is 6.21 Å². The van der Waals surface area contributed by atoms with Crippen molar-refractivity contribution in [3.8, 4) is 0 Å². The van der Waals surface area contributed by atoms with Crippen LogP contribution in [-0.2, 0) is 25.7 Å². The number of nitrogens with one attached hydrogen (secondary N) is 4. The lowest BCUT2D eigenvalue weighted by Crippen LogP contribution is -2.34. The summed E-state index contributed by atoms with van der Waals surface area (Å²) in [7, 11) is 0. The molecule has 1 heterocycles. The third kappa shape index (κ3) is 7.50. The van der Waals surface area contributed by atoms with Gasteiger partial charge in [0.1, 0.15) is 11.5 Å². The molecule has 0 radical (unpaired) electrons. The SMILES string of the molecule is O=C(NCc1ccc(/C=N/NC(=O)C(=O)Nc2ccc([N+](=O)[O-])cc2)o1)C(=O)Nc1cccc(Cl)c1. The van der Waals surface area contributed by atoms with Gasteiger partial charge in [-0.1, -0.05) is 17.7 Å². The number of hydrogen-bond acceptors (Lipinski definition) is 8. The largest absolute Gasteiger partial charge is 0.458 e. The molecule has 0 aliphatic rings. The molecule has 4 N–H and O–H groups in total. The minimum Gasteiger partial charge on any atom is -0.458 e. The van der Waals surface area contributed by atoms with E-state index < -0.39 is 28.6 Å². The van der Waals surface area contributed by atoms with Crippen LogP contribution in [0.5, 0.6) is 0 Å². The molecule has 4 amide bonds. The average Bonchev–Trinajstić information content (AvgIpc) is 3.30. The van der Waals surface area contributed by atoms with Crippen LogP contribution in [-0.4, -0.2) is 34.8 Å². The fraction of sp³-hybridized carbons (Fsp3) is 0.0455. The highest BCUT2D eigenvalue weighted by Crippen LogP contribution is 2.16. The highest BCUT2D eigenvalue weighted by Gasteiger charge is 2.15. The zero-order chi connectivity index (χ0) is 26.1. The van der Waals surface area contributed by atoms with Gasteiger partial charge in [0.25, 0.3) is 5.69 Å². The van der Waals surface area contributed by atoms with E-state index in [4.69, 9.17) is 16.0 Å². The molecule has 0 aliphatic heterocycles. The normalized spacial score (nSPS) is 10.5. The number of carbonyl (C=O) groups excluding carboxylic acids is 4. The van der Waals surface area contributed by atoms with E-state index in [1.807, 2.05) is 5.43 Å². The van der Waals surface area contributed by atoms with Crippen molar-refractivity contribution >= 4 is 58.5 Å². The molecule has 36 heavy (non-hydrogen) atoms. The van der Waals surface area contributed by atoms with E-state index in [-0.39, 0.29) is 23.7 Å². The number of halogens is 1. The molecule has 13 nitrogen and oxygen atoms in total. The van der Waals surface area contributed by atoms with Crippen LogP contribution in [0.4, 0.5) is 17.1 Å².